The first-order chi connectivity index (χ1) is 33.4. The fourth-order valence-corrected chi connectivity index (χ4v) is 8.18. The van der Waals surface area contributed by atoms with E-state index < -0.39 is 60.4 Å². The largest absolute Gasteiger partial charge is 0.457 e. The molecule has 2 aliphatic rings. The number of hydrogen-bond acceptors (Lipinski definition) is 5. The Morgan fingerprint density at radius 2 is 1.00 bits per heavy atom. The van der Waals surface area contributed by atoms with E-state index in [1.54, 1.807) is 24.4 Å². The molecule has 5 nitrogen and oxygen atoms in total. The summed E-state index contributed by atoms with van der Waals surface area (Å²) in [5.41, 5.74) is 8.83. The van der Waals surface area contributed by atoms with Crippen LogP contribution in [0.2, 0.25) is 0 Å². The Hall–Kier alpha value is -7.89. The first-order valence-corrected chi connectivity index (χ1v) is 19.2. The molecule has 0 saturated carbocycles. The molecule has 9 aromatic rings. The average Bonchev–Trinajstić information content (AvgIpc) is 3.71. The third-order valence-electron chi connectivity index (χ3n) is 10.7. The van der Waals surface area contributed by atoms with E-state index in [2.05, 4.69) is 35.2 Å². The first kappa shape index (κ1) is 25.4. The van der Waals surface area contributed by atoms with Crippen molar-refractivity contribution in [2.75, 3.05) is 21.4 Å². The second-order valence-corrected chi connectivity index (χ2v) is 14.1. The van der Waals surface area contributed by atoms with Gasteiger partial charge in [-0.2, -0.15) is 0 Å². The van der Waals surface area contributed by atoms with Crippen LogP contribution in [0.3, 0.4) is 0 Å². The van der Waals surface area contributed by atoms with Crippen LogP contribution in [0.4, 0.5) is 39.9 Å². The van der Waals surface area contributed by atoms with Gasteiger partial charge in [-0.25, -0.2) is 4.98 Å². The Morgan fingerprint density at radius 1 is 0.441 bits per heavy atom. The summed E-state index contributed by atoms with van der Waals surface area (Å²) in [4.78, 5) is 10.9. The normalized spacial score (nSPS) is 14.9. The lowest BCUT2D eigenvalue weighted by Gasteiger charge is -2.27. The van der Waals surface area contributed by atoms with Crippen molar-refractivity contribution in [3.8, 4) is 56.0 Å². The van der Waals surface area contributed by atoms with Crippen LogP contribution in [0.25, 0.3) is 44.5 Å². The minimum atomic E-state index is -0.552. The Labute approximate surface area is 358 Å². The lowest BCUT2D eigenvalue weighted by molar-refractivity contribution is 0.483. The molecule has 0 bridgehead atoms. The first-order valence-electron chi connectivity index (χ1n) is 24.2. The minimum absolute atomic E-state index is 0.0918. The highest BCUT2D eigenvalue weighted by molar-refractivity contribution is 6.02. The van der Waals surface area contributed by atoms with Crippen molar-refractivity contribution in [3.05, 3.63) is 218 Å². The van der Waals surface area contributed by atoms with E-state index in [9.17, 15) is 0 Å². The zero-order valence-corrected chi connectivity index (χ0v) is 31.4. The topological polar surface area (TPSA) is 31.8 Å². The highest BCUT2D eigenvalue weighted by Crippen LogP contribution is 2.53. The maximum atomic E-state index is 9.03. The van der Waals surface area contributed by atoms with Crippen LogP contribution in [0, 0.1) is 0 Å². The van der Waals surface area contributed by atoms with Gasteiger partial charge in [0.05, 0.1) is 42.1 Å². The summed E-state index contributed by atoms with van der Waals surface area (Å²) in [7, 11) is 0. The quantitative estimate of drug-likeness (QED) is 0.161. The van der Waals surface area contributed by atoms with Gasteiger partial charge in [-0.1, -0.05) is 145 Å². The average molecular weight is 769 g/mol. The van der Waals surface area contributed by atoms with Crippen molar-refractivity contribution < 1.29 is 18.4 Å². The van der Waals surface area contributed by atoms with Crippen molar-refractivity contribution >= 4 is 39.9 Å². The SMILES string of the molecule is [2H]c1c([2H])c([2H])c(-c2cccc(-c3c([2H])c([2H])c([2H])c([2H])c3[2H])c2N2CN(c3cccc(Oc4ccc5c(c4)N(c4ccccn4)c4ccccc4-c4ccccc4-5)c3)c3ccccc32)c([2H])c1[2H]. The van der Waals surface area contributed by atoms with E-state index in [1.165, 1.54) is 0 Å². The van der Waals surface area contributed by atoms with Crippen molar-refractivity contribution in [1.29, 1.82) is 0 Å². The fourth-order valence-electron chi connectivity index (χ4n) is 8.18. The molecule has 0 amide bonds. The highest BCUT2D eigenvalue weighted by Gasteiger charge is 2.32. The van der Waals surface area contributed by atoms with Crippen molar-refractivity contribution in [3.63, 3.8) is 0 Å². The van der Waals surface area contributed by atoms with Crippen LogP contribution >= 0.6 is 0 Å². The number of ether oxygens (including phenoxy) is 1. The predicted octanol–water partition coefficient (Wildman–Crippen LogP) is 14.6. The fraction of sp³-hybridized carbons (Fsp3) is 0.0185. The van der Waals surface area contributed by atoms with Crippen LogP contribution in [0.15, 0.2) is 218 Å². The van der Waals surface area contributed by atoms with Crippen molar-refractivity contribution in [1.82, 2.24) is 4.98 Å². The summed E-state index contributed by atoms with van der Waals surface area (Å²) in [5, 5.41) is 0. The van der Waals surface area contributed by atoms with E-state index >= 15 is 0 Å². The van der Waals surface area contributed by atoms with E-state index in [4.69, 9.17) is 23.4 Å². The van der Waals surface area contributed by atoms with Gasteiger partial charge in [0.1, 0.15) is 24.0 Å². The van der Waals surface area contributed by atoms with Gasteiger partial charge in [0.15, 0.2) is 0 Å². The Balaban J connectivity index is 1.03. The maximum absolute atomic E-state index is 9.03. The molecule has 0 aliphatic carbocycles. The molecule has 3 heterocycles. The smallest absolute Gasteiger partial charge is 0.137 e. The summed E-state index contributed by atoms with van der Waals surface area (Å²) in [6, 6.07) is 43.7. The van der Waals surface area contributed by atoms with Gasteiger partial charge in [0, 0.05) is 46.3 Å². The lowest BCUT2D eigenvalue weighted by atomic mass is 9.95. The van der Waals surface area contributed by atoms with Gasteiger partial charge >= 0.3 is 0 Å². The number of pyridine rings is 1. The molecule has 1 aromatic heterocycles. The highest BCUT2D eigenvalue weighted by atomic mass is 16.5. The van der Waals surface area contributed by atoms with Gasteiger partial charge in [0.2, 0.25) is 0 Å². The Kier molecular flexibility index (Phi) is 6.26. The molecule has 8 aromatic carbocycles. The summed E-state index contributed by atoms with van der Waals surface area (Å²) >= 11 is 0. The van der Waals surface area contributed by atoms with Gasteiger partial charge in [-0.3, -0.25) is 4.90 Å². The lowest BCUT2D eigenvalue weighted by Crippen LogP contribution is -2.24. The summed E-state index contributed by atoms with van der Waals surface area (Å²) in [5.74, 6) is 1.88. The second-order valence-electron chi connectivity index (χ2n) is 14.1. The molecule has 0 atom stereocenters. The van der Waals surface area contributed by atoms with Crippen LogP contribution in [-0.4, -0.2) is 11.7 Å². The summed E-state index contributed by atoms with van der Waals surface area (Å²) < 4.78 is 93.9. The van der Waals surface area contributed by atoms with Crippen molar-refractivity contribution in [2.24, 2.45) is 0 Å². The number of benzene rings is 8. The molecule has 280 valence electrons. The maximum Gasteiger partial charge on any atom is 0.137 e. The standard InChI is InChI=1S/C54H38N4O/c1-3-17-38(18-4-1)43-26-16-27-44(39-19-5-2-6-20-39)54(43)57-37-56(50-29-11-12-30-51(50)57)40-21-15-22-41(35-40)59-42-32-33-48-46-24-8-7-23-45(46)47-25-9-10-28-49(47)58(52(48)36-42)53-31-13-14-34-55-53/h1-36H,37H2/i1D,2D,3D,4D,5D,6D,17D,18D,19D,20D. The molecule has 59 heavy (non-hydrogen) atoms. The van der Waals surface area contributed by atoms with Gasteiger partial charge in [0.25, 0.3) is 0 Å². The number of para-hydroxylation sites is 4. The molecule has 0 spiro atoms. The van der Waals surface area contributed by atoms with E-state index in [1.807, 2.05) is 113 Å². The Morgan fingerprint density at radius 3 is 1.68 bits per heavy atom. The molecule has 2 aliphatic heterocycles. The number of fused-ring (bicyclic) bond motifs is 6. The van der Waals surface area contributed by atoms with Crippen LogP contribution < -0.4 is 19.4 Å². The van der Waals surface area contributed by atoms with Gasteiger partial charge < -0.3 is 14.5 Å². The molecule has 11 rings (SSSR count). The summed E-state index contributed by atoms with van der Waals surface area (Å²) in [6.45, 7) is 0.112. The second kappa shape index (κ2) is 14.6. The number of rotatable bonds is 7. The van der Waals surface area contributed by atoms with Crippen LogP contribution in [0.1, 0.15) is 13.7 Å². The number of hydrogen-bond donors (Lipinski definition) is 0. The number of anilines is 7. The van der Waals surface area contributed by atoms with Gasteiger partial charge in [-0.05, 0) is 76.9 Å². The molecular formula is C54H38N4O. The number of aromatic nitrogens is 1. The monoisotopic (exact) mass is 768 g/mol. The predicted molar refractivity (Wildman–Crippen MR) is 243 cm³/mol. The van der Waals surface area contributed by atoms with E-state index in [0.29, 0.717) is 22.9 Å². The molecule has 0 saturated heterocycles. The van der Waals surface area contributed by atoms with Gasteiger partial charge in [-0.15, -0.1) is 0 Å². The van der Waals surface area contributed by atoms with E-state index in [0.717, 1.165) is 50.8 Å². The van der Waals surface area contributed by atoms with Crippen LogP contribution in [-0.2, 0) is 0 Å². The molecule has 5 heteroatoms. The minimum Gasteiger partial charge on any atom is -0.457 e. The molecule has 0 unspecified atom stereocenters. The van der Waals surface area contributed by atoms with E-state index in [-0.39, 0.29) is 28.9 Å². The summed E-state index contributed by atoms with van der Waals surface area (Å²) in [6.07, 6.45) is 1.78. The molecular weight excluding hydrogens is 721 g/mol. The molecule has 0 N–H and O–H groups in total. The van der Waals surface area contributed by atoms with Crippen LogP contribution in [0.5, 0.6) is 11.5 Å². The van der Waals surface area contributed by atoms with Crippen molar-refractivity contribution in [2.45, 2.75) is 0 Å². The zero-order chi connectivity index (χ0) is 47.8. The third-order valence-corrected chi connectivity index (χ3v) is 10.7. The molecule has 0 radical (unpaired) electrons. The zero-order valence-electron chi connectivity index (χ0n) is 41.4. The molecule has 0 fully saturated rings. The third kappa shape index (κ3) is 6.08. The number of nitrogens with zero attached hydrogens (tertiary/aromatic N) is 4. The Bertz CT molecular complexity index is 3430.